The van der Waals surface area contributed by atoms with E-state index in [-0.39, 0.29) is 5.82 Å². The van der Waals surface area contributed by atoms with Gasteiger partial charge in [0.1, 0.15) is 5.82 Å². The number of hydrogen-bond acceptors (Lipinski definition) is 1. The number of hydrogen-bond donors (Lipinski definition) is 1. The normalized spacial score (nSPS) is 29.0. The van der Waals surface area contributed by atoms with Gasteiger partial charge in [-0.25, -0.2) is 4.39 Å². The predicted octanol–water partition coefficient (Wildman–Crippen LogP) is 4.31. The third kappa shape index (κ3) is 2.74. The van der Waals surface area contributed by atoms with E-state index in [0.29, 0.717) is 5.56 Å². The summed E-state index contributed by atoms with van der Waals surface area (Å²) in [6.45, 7) is 3.98. The highest BCUT2D eigenvalue weighted by atomic mass is 19.1. The molecule has 1 nitrogen and oxygen atoms in total. The van der Waals surface area contributed by atoms with E-state index in [1.54, 1.807) is 13.0 Å². The van der Waals surface area contributed by atoms with Crippen LogP contribution in [0.15, 0.2) is 18.2 Å². The fraction of sp³-hybridized carbons (Fsp3) is 0.625. The van der Waals surface area contributed by atoms with Crippen molar-refractivity contribution in [3.8, 4) is 0 Å². The molecule has 1 aromatic rings. The molecule has 0 aliphatic heterocycles. The number of benzene rings is 1. The Morgan fingerprint density at radius 3 is 2.78 bits per heavy atom. The van der Waals surface area contributed by atoms with E-state index < -0.39 is 5.60 Å². The summed E-state index contributed by atoms with van der Waals surface area (Å²) in [5.41, 5.74) is 0.762. The molecular formula is C16H23FO. The van der Waals surface area contributed by atoms with Gasteiger partial charge in [0.25, 0.3) is 0 Å². The van der Waals surface area contributed by atoms with Crippen LogP contribution in [0.4, 0.5) is 4.39 Å². The second-order valence-corrected chi connectivity index (χ2v) is 5.70. The molecule has 0 saturated heterocycles. The predicted molar refractivity (Wildman–Crippen MR) is 71.9 cm³/mol. The fourth-order valence-electron chi connectivity index (χ4n) is 3.03. The summed E-state index contributed by atoms with van der Waals surface area (Å²) in [7, 11) is 0. The van der Waals surface area contributed by atoms with Crippen molar-refractivity contribution in [1.29, 1.82) is 0 Å². The van der Waals surface area contributed by atoms with E-state index in [0.717, 1.165) is 37.2 Å². The summed E-state index contributed by atoms with van der Waals surface area (Å²) in [5.74, 6) is 0.544. The van der Waals surface area contributed by atoms with Crippen LogP contribution in [0.5, 0.6) is 0 Å². The summed E-state index contributed by atoms with van der Waals surface area (Å²) in [6, 6.07) is 5.03. The Hall–Kier alpha value is -0.890. The molecule has 0 radical (unpaired) electrons. The van der Waals surface area contributed by atoms with Crippen molar-refractivity contribution in [2.45, 2.75) is 58.0 Å². The fourth-order valence-corrected chi connectivity index (χ4v) is 3.03. The van der Waals surface area contributed by atoms with E-state index in [9.17, 15) is 9.50 Å². The minimum Gasteiger partial charge on any atom is -0.385 e. The SMILES string of the molecule is CCC1CCCC(O)(c2ccc(F)c(C)c2)CC1. The Kier molecular flexibility index (Phi) is 4.06. The molecule has 2 heteroatoms. The number of rotatable bonds is 2. The van der Waals surface area contributed by atoms with Gasteiger partial charge in [0.05, 0.1) is 5.60 Å². The van der Waals surface area contributed by atoms with Crippen LogP contribution in [0.3, 0.4) is 0 Å². The number of aliphatic hydroxyl groups is 1. The van der Waals surface area contributed by atoms with Gasteiger partial charge < -0.3 is 5.11 Å². The van der Waals surface area contributed by atoms with Crippen LogP contribution < -0.4 is 0 Å². The smallest absolute Gasteiger partial charge is 0.126 e. The molecule has 2 atom stereocenters. The molecule has 1 aliphatic rings. The molecule has 2 unspecified atom stereocenters. The zero-order valence-electron chi connectivity index (χ0n) is 11.4. The summed E-state index contributed by atoms with van der Waals surface area (Å²) >= 11 is 0. The second kappa shape index (κ2) is 5.40. The standard InChI is InChI=1S/C16H23FO/c1-3-13-5-4-9-16(18,10-8-13)14-6-7-15(17)12(2)11-14/h6-7,11,13,18H,3-5,8-10H2,1-2H3. The Labute approximate surface area is 109 Å². The van der Waals surface area contributed by atoms with Gasteiger partial charge >= 0.3 is 0 Å². The summed E-state index contributed by atoms with van der Waals surface area (Å²) in [5, 5.41) is 10.8. The van der Waals surface area contributed by atoms with Crippen LogP contribution in [0.25, 0.3) is 0 Å². The van der Waals surface area contributed by atoms with Crippen molar-refractivity contribution in [1.82, 2.24) is 0 Å². The molecular weight excluding hydrogens is 227 g/mol. The summed E-state index contributed by atoms with van der Waals surface area (Å²) < 4.78 is 13.3. The number of halogens is 1. The first-order valence-electron chi connectivity index (χ1n) is 7.04. The third-order valence-electron chi connectivity index (χ3n) is 4.44. The van der Waals surface area contributed by atoms with Crippen molar-refractivity contribution in [2.24, 2.45) is 5.92 Å². The van der Waals surface area contributed by atoms with Gasteiger partial charge in [0.2, 0.25) is 0 Å². The lowest BCUT2D eigenvalue weighted by Gasteiger charge is -2.27. The molecule has 1 N–H and O–H groups in total. The monoisotopic (exact) mass is 250 g/mol. The molecule has 2 rings (SSSR count). The van der Waals surface area contributed by atoms with E-state index >= 15 is 0 Å². The zero-order valence-corrected chi connectivity index (χ0v) is 11.4. The van der Waals surface area contributed by atoms with Crippen molar-refractivity contribution < 1.29 is 9.50 Å². The van der Waals surface area contributed by atoms with E-state index in [4.69, 9.17) is 0 Å². The van der Waals surface area contributed by atoms with Crippen molar-refractivity contribution in [3.63, 3.8) is 0 Å². The molecule has 1 aromatic carbocycles. The lowest BCUT2D eigenvalue weighted by Crippen LogP contribution is -2.25. The van der Waals surface area contributed by atoms with Crippen LogP contribution in [-0.4, -0.2) is 5.11 Å². The van der Waals surface area contributed by atoms with Crippen LogP contribution >= 0.6 is 0 Å². The number of aryl methyl sites for hydroxylation is 1. The van der Waals surface area contributed by atoms with Gasteiger partial charge in [0, 0.05) is 0 Å². The highest BCUT2D eigenvalue weighted by molar-refractivity contribution is 5.28. The minimum atomic E-state index is -0.748. The topological polar surface area (TPSA) is 20.2 Å². The van der Waals surface area contributed by atoms with Crippen LogP contribution in [-0.2, 0) is 5.60 Å². The van der Waals surface area contributed by atoms with Gasteiger partial charge in [-0.3, -0.25) is 0 Å². The first-order chi connectivity index (χ1) is 8.55. The quantitative estimate of drug-likeness (QED) is 0.775. The van der Waals surface area contributed by atoms with Crippen LogP contribution in [0.1, 0.15) is 56.6 Å². The van der Waals surface area contributed by atoms with Gasteiger partial charge in [-0.2, -0.15) is 0 Å². The zero-order chi connectivity index (χ0) is 13.2. The molecule has 1 fully saturated rings. The molecule has 1 aliphatic carbocycles. The first kappa shape index (κ1) is 13.5. The highest BCUT2D eigenvalue weighted by Gasteiger charge is 2.32. The Morgan fingerprint density at radius 2 is 2.11 bits per heavy atom. The van der Waals surface area contributed by atoms with Crippen LogP contribution in [0.2, 0.25) is 0 Å². The Morgan fingerprint density at radius 1 is 1.33 bits per heavy atom. The molecule has 1 saturated carbocycles. The third-order valence-corrected chi connectivity index (χ3v) is 4.44. The first-order valence-corrected chi connectivity index (χ1v) is 7.04. The highest BCUT2D eigenvalue weighted by Crippen LogP contribution is 2.39. The van der Waals surface area contributed by atoms with Gasteiger partial charge in [-0.05, 0) is 55.7 Å². The maximum absolute atomic E-state index is 13.3. The van der Waals surface area contributed by atoms with Gasteiger partial charge in [-0.15, -0.1) is 0 Å². The summed E-state index contributed by atoms with van der Waals surface area (Å²) in [6.07, 6.45) is 6.14. The molecule has 18 heavy (non-hydrogen) atoms. The van der Waals surface area contributed by atoms with Crippen molar-refractivity contribution >= 4 is 0 Å². The van der Waals surface area contributed by atoms with E-state index in [2.05, 4.69) is 6.92 Å². The Balaban J connectivity index is 2.21. The Bertz CT molecular complexity index is 416. The van der Waals surface area contributed by atoms with Crippen molar-refractivity contribution in [3.05, 3.63) is 35.1 Å². The molecule has 0 amide bonds. The lowest BCUT2D eigenvalue weighted by molar-refractivity contribution is 0.0195. The summed E-state index contributed by atoms with van der Waals surface area (Å²) in [4.78, 5) is 0. The average molecular weight is 250 g/mol. The van der Waals surface area contributed by atoms with E-state index in [1.165, 1.54) is 18.9 Å². The maximum atomic E-state index is 13.3. The molecule has 0 spiro atoms. The van der Waals surface area contributed by atoms with Gasteiger partial charge in [0.15, 0.2) is 0 Å². The molecule has 0 aromatic heterocycles. The molecule has 0 heterocycles. The second-order valence-electron chi connectivity index (χ2n) is 5.70. The largest absolute Gasteiger partial charge is 0.385 e. The van der Waals surface area contributed by atoms with Gasteiger partial charge in [-0.1, -0.05) is 31.9 Å². The molecule has 100 valence electrons. The maximum Gasteiger partial charge on any atom is 0.126 e. The van der Waals surface area contributed by atoms with Crippen LogP contribution in [0, 0.1) is 18.7 Å². The molecule has 0 bridgehead atoms. The lowest BCUT2D eigenvalue weighted by atomic mass is 9.85. The minimum absolute atomic E-state index is 0.192. The van der Waals surface area contributed by atoms with E-state index in [1.807, 2.05) is 6.07 Å². The van der Waals surface area contributed by atoms with Crippen molar-refractivity contribution in [2.75, 3.05) is 0 Å². The average Bonchev–Trinajstić information content (AvgIpc) is 2.55.